The van der Waals surface area contributed by atoms with Crippen molar-refractivity contribution in [3.05, 3.63) is 51.3 Å². The fraction of sp³-hybridized carbons (Fsp3) is 0.353. The monoisotopic (exact) mass is 405 g/mol. The Bertz CT molecular complexity index is 854. The SMILES string of the molecule is CCN1CCN(c2ncnc(NNC(=O)c3ccc(Cl)cc3)c2[N+](=O)[O-])CC1. The molecule has 1 saturated heterocycles. The van der Waals surface area contributed by atoms with E-state index in [1.807, 2.05) is 4.90 Å². The van der Waals surface area contributed by atoms with Crippen LogP contribution in [0, 0.1) is 10.1 Å². The molecule has 0 aliphatic carbocycles. The number of nitro groups is 1. The lowest BCUT2D eigenvalue weighted by molar-refractivity contribution is -0.383. The third-order valence-electron chi connectivity index (χ3n) is 4.51. The largest absolute Gasteiger partial charge is 0.355 e. The fourth-order valence-electron chi connectivity index (χ4n) is 2.93. The van der Waals surface area contributed by atoms with E-state index in [1.165, 1.54) is 6.33 Å². The number of carbonyl (C=O) groups is 1. The average molecular weight is 406 g/mol. The van der Waals surface area contributed by atoms with E-state index in [4.69, 9.17) is 11.6 Å². The van der Waals surface area contributed by atoms with Gasteiger partial charge in [-0.05, 0) is 30.8 Å². The van der Waals surface area contributed by atoms with Crippen LogP contribution >= 0.6 is 11.6 Å². The standard InChI is InChI=1S/C17H20ClN7O3/c1-2-23-7-9-24(10-8-23)16-14(25(27)28)15(19-11-20-16)21-22-17(26)12-3-5-13(18)6-4-12/h3-6,11H,2,7-10H2,1H3,(H,22,26)(H,19,20,21). The van der Waals surface area contributed by atoms with E-state index >= 15 is 0 Å². The highest BCUT2D eigenvalue weighted by molar-refractivity contribution is 6.30. The number of hydrogen-bond acceptors (Lipinski definition) is 8. The van der Waals surface area contributed by atoms with Crippen LogP contribution in [0.25, 0.3) is 0 Å². The molecule has 3 rings (SSSR count). The minimum Gasteiger partial charge on any atom is -0.348 e. The number of halogens is 1. The molecule has 1 aliphatic heterocycles. The zero-order chi connectivity index (χ0) is 20.1. The van der Waals surface area contributed by atoms with E-state index in [1.54, 1.807) is 24.3 Å². The minimum absolute atomic E-state index is 0.0739. The van der Waals surface area contributed by atoms with E-state index in [9.17, 15) is 14.9 Å². The second kappa shape index (κ2) is 8.81. The van der Waals surface area contributed by atoms with E-state index in [0.29, 0.717) is 23.7 Å². The number of carbonyl (C=O) groups excluding carboxylic acids is 1. The fourth-order valence-corrected chi connectivity index (χ4v) is 3.05. The summed E-state index contributed by atoms with van der Waals surface area (Å²) in [5, 5.41) is 12.2. The van der Waals surface area contributed by atoms with Crippen molar-refractivity contribution in [2.75, 3.05) is 43.0 Å². The second-order valence-corrected chi connectivity index (χ2v) is 6.60. The summed E-state index contributed by atoms with van der Waals surface area (Å²) in [4.78, 5) is 35.5. The number of benzene rings is 1. The summed E-state index contributed by atoms with van der Waals surface area (Å²) in [6.45, 7) is 5.86. The molecule has 28 heavy (non-hydrogen) atoms. The van der Waals surface area contributed by atoms with Gasteiger partial charge in [-0.1, -0.05) is 18.5 Å². The van der Waals surface area contributed by atoms with E-state index < -0.39 is 10.8 Å². The first kappa shape index (κ1) is 19.8. The van der Waals surface area contributed by atoms with Crippen molar-refractivity contribution in [3.63, 3.8) is 0 Å². The number of nitrogens with zero attached hydrogens (tertiary/aromatic N) is 5. The maximum absolute atomic E-state index is 12.2. The Morgan fingerprint density at radius 1 is 1.21 bits per heavy atom. The molecule has 148 valence electrons. The molecule has 2 heterocycles. The van der Waals surface area contributed by atoms with Gasteiger partial charge in [0.05, 0.1) is 4.92 Å². The van der Waals surface area contributed by atoms with E-state index in [0.717, 1.165) is 19.6 Å². The van der Waals surface area contributed by atoms with Gasteiger partial charge >= 0.3 is 5.69 Å². The summed E-state index contributed by atoms with van der Waals surface area (Å²) >= 11 is 5.81. The number of aromatic nitrogens is 2. The Kier molecular flexibility index (Phi) is 6.22. The van der Waals surface area contributed by atoms with Crippen LogP contribution in [0.1, 0.15) is 17.3 Å². The van der Waals surface area contributed by atoms with Crippen LogP contribution in [0.3, 0.4) is 0 Å². The molecule has 0 spiro atoms. The van der Waals surface area contributed by atoms with Gasteiger partial charge in [-0.2, -0.15) is 0 Å². The predicted molar refractivity (Wildman–Crippen MR) is 106 cm³/mol. The zero-order valence-corrected chi connectivity index (χ0v) is 16.0. The molecule has 11 heteroatoms. The molecule has 1 aromatic heterocycles. The van der Waals surface area contributed by atoms with E-state index in [-0.39, 0.29) is 17.3 Å². The predicted octanol–water partition coefficient (Wildman–Crippen LogP) is 1.94. The van der Waals surface area contributed by atoms with Gasteiger partial charge in [0.15, 0.2) is 0 Å². The van der Waals surface area contributed by atoms with Crippen molar-refractivity contribution in [1.29, 1.82) is 0 Å². The Hall–Kier alpha value is -2.98. The van der Waals surface area contributed by atoms with E-state index in [2.05, 4.69) is 32.6 Å². The Balaban J connectivity index is 1.77. The first-order chi connectivity index (χ1) is 13.5. The summed E-state index contributed by atoms with van der Waals surface area (Å²) in [6, 6.07) is 6.26. The average Bonchev–Trinajstić information content (AvgIpc) is 2.72. The van der Waals surface area contributed by atoms with Crippen LogP contribution in [0.15, 0.2) is 30.6 Å². The van der Waals surface area contributed by atoms with Crippen molar-refractivity contribution in [1.82, 2.24) is 20.3 Å². The van der Waals surface area contributed by atoms with Gasteiger partial charge in [0, 0.05) is 36.8 Å². The number of amides is 1. The van der Waals surface area contributed by atoms with Crippen molar-refractivity contribution in [3.8, 4) is 0 Å². The van der Waals surface area contributed by atoms with Gasteiger partial charge in [-0.25, -0.2) is 9.97 Å². The summed E-state index contributed by atoms with van der Waals surface area (Å²) in [5.41, 5.74) is 5.04. The van der Waals surface area contributed by atoms with Crippen molar-refractivity contribution < 1.29 is 9.72 Å². The number of hydrazine groups is 1. The van der Waals surface area contributed by atoms with Crippen LogP contribution in [0.2, 0.25) is 5.02 Å². The third-order valence-corrected chi connectivity index (χ3v) is 4.76. The van der Waals surface area contributed by atoms with Gasteiger partial charge in [0.25, 0.3) is 5.91 Å². The van der Waals surface area contributed by atoms with Crippen molar-refractivity contribution in [2.24, 2.45) is 0 Å². The topological polar surface area (TPSA) is 117 Å². The number of likely N-dealkylation sites (N-methyl/N-ethyl adjacent to an activating group) is 1. The highest BCUT2D eigenvalue weighted by Crippen LogP contribution is 2.31. The van der Waals surface area contributed by atoms with Crippen LogP contribution in [0.5, 0.6) is 0 Å². The molecule has 0 unspecified atom stereocenters. The molecule has 2 N–H and O–H groups in total. The summed E-state index contributed by atoms with van der Waals surface area (Å²) < 4.78 is 0. The number of nitrogens with one attached hydrogen (secondary N) is 2. The summed E-state index contributed by atoms with van der Waals surface area (Å²) in [6.07, 6.45) is 1.24. The Morgan fingerprint density at radius 2 is 1.89 bits per heavy atom. The molecule has 0 atom stereocenters. The van der Waals surface area contributed by atoms with Crippen LogP contribution < -0.4 is 15.8 Å². The molecule has 10 nitrogen and oxygen atoms in total. The maximum atomic E-state index is 12.2. The Morgan fingerprint density at radius 3 is 2.50 bits per heavy atom. The lowest BCUT2D eigenvalue weighted by Gasteiger charge is -2.34. The normalized spacial score (nSPS) is 14.6. The van der Waals surface area contributed by atoms with Crippen molar-refractivity contribution >= 4 is 34.8 Å². The molecule has 1 amide bonds. The maximum Gasteiger partial charge on any atom is 0.355 e. The second-order valence-electron chi connectivity index (χ2n) is 6.16. The van der Waals surface area contributed by atoms with Gasteiger partial charge < -0.3 is 9.80 Å². The highest BCUT2D eigenvalue weighted by Gasteiger charge is 2.29. The zero-order valence-electron chi connectivity index (χ0n) is 15.3. The van der Waals surface area contributed by atoms with Crippen LogP contribution in [-0.4, -0.2) is 58.4 Å². The summed E-state index contributed by atoms with van der Waals surface area (Å²) in [7, 11) is 0. The van der Waals surface area contributed by atoms with Crippen LogP contribution in [0.4, 0.5) is 17.3 Å². The van der Waals surface area contributed by atoms with Crippen LogP contribution in [-0.2, 0) is 0 Å². The molecule has 0 radical (unpaired) electrons. The number of rotatable bonds is 6. The number of piperazine rings is 1. The lowest BCUT2D eigenvalue weighted by Crippen LogP contribution is -2.46. The lowest BCUT2D eigenvalue weighted by atomic mass is 10.2. The molecule has 1 aliphatic rings. The molecule has 0 bridgehead atoms. The minimum atomic E-state index is -0.543. The molecular formula is C17H20ClN7O3. The Labute approximate surface area is 166 Å². The molecule has 2 aromatic rings. The first-order valence-electron chi connectivity index (χ1n) is 8.78. The quantitative estimate of drug-likeness (QED) is 0.553. The molecular weight excluding hydrogens is 386 g/mol. The van der Waals surface area contributed by atoms with Gasteiger partial charge in [0.2, 0.25) is 11.6 Å². The van der Waals surface area contributed by atoms with Gasteiger partial charge in [0.1, 0.15) is 6.33 Å². The third kappa shape index (κ3) is 4.46. The first-order valence-corrected chi connectivity index (χ1v) is 9.16. The molecule has 1 fully saturated rings. The highest BCUT2D eigenvalue weighted by atomic mass is 35.5. The van der Waals surface area contributed by atoms with Gasteiger partial charge in [-0.15, -0.1) is 0 Å². The summed E-state index contributed by atoms with van der Waals surface area (Å²) in [5.74, 6) is -0.308. The van der Waals surface area contributed by atoms with Crippen molar-refractivity contribution in [2.45, 2.75) is 6.92 Å². The molecule has 0 saturated carbocycles. The number of hydrogen-bond donors (Lipinski definition) is 2. The van der Waals surface area contributed by atoms with Gasteiger partial charge in [-0.3, -0.25) is 25.8 Å². The molecule has 1 aromatic carbocycles. The number of anilines is 2. The smallest absolute Gasteiger partial charge is 0.348 e.